The summed E-state index contributed by atoms with van der Waals surface area (Å²) < 4.78 is 65.0. The average Bonchev–Trinajstić information content (AvgIpc) is 0.779. The van der Waals surface area contributed by atoms with Crippen LogP contribution in [0.15, 0.2) is 24.3 Å². The molecule has 0 unspecified atom stereocenters. The number of amides is 2. The summed E-state index contributed by atoms with van der Waals surface area (Å²) in [5.41, 5.74) is 10.0. The van der Waals surface area contributed by atoms with Gasteiger partial charge in [0.25, 0.3) is 0 Å². The van der Waals surface area contributed by atoms with Crippen LogP contribution in [0, 0.1) is 20.3 Å². The Labute approximate surface area is 767 Å². The van der Waals surface area contributed by atoms with Crippen molar-refractivity contribution in [3.05, 3.63) is 52.9 Å². The monoisotopic (exact) mass is 1840 g/mol. The fourth-order valence-corrected chi connectivity index (χ4v) is 56.6. The summed E-state index contributed by atoms with van der Waals surface area (Å²) in [7, 11) is -14.1. The third-order valence-electron chi connectivity index (χ3n) is 28.9. The predicted molar refractivity (Wildman–Crippen MR) is 523 cm³/mol. The summed E-state index contributed by atoms with van der Waals surface area (Å²) in [5, 5.41) is 7.45. The molecule has 13 nitrogen and oxygen atoms in total. The summed E-state index contributed by atoms with van der Waals surface area (Å²) in [6, 6.07) is 8.40. The van der Waals surface area contributed by atoms with Crippen molar-refractivity contribution in [3.8, 4) is 23.0 Å². The maximum absolute atomic E-state index is 14.7. The molecule has 0 aromatic heterocycles. The molecule has 1 aliphatic heterocycles. The van der Waals surface area contributed by atoms with E-state index in [0.717, 1.165) is 135 Å². The van der Waals surface area contributed by atoms with Crippen LogP contribution in [0.1, 0.15) is 387 Å². The second-order valence-corrected chi connectivity index (χ2v) is 75.5. The van der Waals surface area contributed by atoms with Crippen LogP contribution in [0.2, 0.25) is 99.7 Å². The predicted octanol–water partition coefficient (Wildman–Crippen LogP) is 30.6. The summed E-state index contributed by atoms with van der Waals surface area (Å²) in [5.74, 6) is 3.49. The van der Waals surface area contributed by atoms with Crippen molar-refractivity contribution < 1.29 is 83.1 Å². The number of benzene rings is 2. The maximum Gasteiger partial charge on any atom is 0.220 e. The van der Waals surface area contributed by atoms with Gasteiger partial charge in [0.15, 0.2) is 49.9 Å². The fraction of sp³-hybridized carbons (Fsp3) is 0.848. The Kier molecular flexibility index (Phi) is 50.2. The zero-order chi connectivity index (χ0) is 89.9. The number of unbranched alkanes of at least 4 members (excludes halogenated alkanes) is 14. The Bertz CT molecular complexity index is 2690. The first-order valence-corrected chi connectivity index (χ1v) is 61.3. The van der Waals surface area contributed by atoms with Gasteiger partial charge in [-0.25, -0.2) is 0 Å². The molecular weight excluding hydrogens is 1650 g/mol. The smallest absolute Gasteiger partial charge is 0.220 e. The van der Waals surface area contributed by atoms with Crippen molar-refractivity contribution in [1.29, 1.82) is 0 Å². The average molecular weight is 1840 g/mol. The van der Waals surface area contributed by atoms with Crippen molar-refractivity contribution in [2.75, 3.05) is 52.9 Å². The zero-order valence-corrected chi connectivity index (χ0v) is 93.6. The second kappa shape index (κ2) is 52.5. The molecule has 1 radical (unpaired) electrons. The number of carbonyl (C=O) groups is 2. The van der Waals surface area contributed by atoms with E-state index in [-0.39, 0.29) is 44.5 Å². The normalized spacial score (nSPS) is 13.8. The van der Waals surface area contributed by atoms with E-state index < -0.39 is 61.0 Å². The van der Waals surface area contributed by atoms with Crippen LogP contribution in [0.4, 0.5) is 0 Å². The molecule has 691 valence electrons. The van der Waals surface area contributed by atoms with Crippen molar-refractivity contribution in [3.63, 3.8) is 0 Å². The number of nitrogens with one attached hydrogen (secondary N) is 2. The van der Waals surface area contributed by atoms with Gasteiger partial charge in [0.05, 0.1) is 64.4 Å². The molecule has 3 rings (SSSR count). The molecule has 2 N–H and O–H groups in total. The van der Waals surface area contributed by atoms with E-state index in [2.05, 4.69) is 304 Å². The van der Waals surface area contributed by atoms with Crippen LogP contribution in [0.5, 0.6) is 23.0 Å². The quantitative estimate of drug-likeness (QED) is 0.0317. The first-order chi connectivity index (χ1) is 54.9. The number of hydrogen-bond acceptors (Lipinski definition) is 11. The molecule has 2 aromatic rings. The van der Waals surface area contributed by atoms with Crippen LogP contribution >= 0.6 is 0 Å². The molecule has 119 heavy (non-hydrogen) atoms. The molecule has 0 atom stereocenters. The number of ether oxygens (including phenoxy) is 3. The molecule has 2 aromatic carbocycles. The van der Waals surface area contributed by atoms with Gasteiger partial charge in [0, 0.05) is 45.6 Å². The van der Waals surface area contributed by atoms with E-state index in [9.17, 15) is 9.59 Å². The number of rotatable bonds is 62. The minimum atomic E-state index is -2.35. The summed E-state index contributed by atoms with van der Waals surface area (Å²) in [6.07, 6.45) is 20.4. The van der Waals surface area contributed by atoms with Gasteiger partial charge in [0.1, 0.15) is 22.6 Å². The molecule has 2 amide bonds. The van der Waals surface area contributed by atoms with Gasteiger partial charge in [0.2, 0.25) is 11.8 Å². The third-order valence-corrected chi connectivity index (χ3v) is 65.3. The molecule has 0 aliphatic carbocycles. The zero-order valence-electron chi connectivity index (χ0n) is 84.7. The van der Waals surface area contributed by atoms with Gasteiger partial charge in [-0.05, 0) is 138 Å². The Balaban J connectivity index is 0.0000480. The molecule has 1 heterocycles. The fourth-order valence-electron chi connectivity index (χ4n) is 23.5. The SMILES string of the molecule is Cc1cc(OCCCCCCCCCCC(=O)NC(CO[Si](C(C)C)(C(C)C)C(C)C)(CO[Si](C(C)C)(C(C)C)C(C)C)CO[Si](C(C)C)(C(C)C)C(C)C)cc2c1[CH-]c1c(C)cc(OCCCCCCCCCCC(=O)NC(CO[Si](C(C)C)(C(C)C)C(C)C)(CO[Si](C(C)C)(C(C)C)C(C)C)CO[Si](C(C)C)(C(C)C)C(C)C)cc1O2.[Y]. The summed E-state index contributed by atoms with van der Waals surface area (Å²) in [6.45, 7) is 92.8. The maximum atomic E-state index is 14.7. The van der Waals surface area contributed by atoms with Crippen LogP contribution in [-0.4, -0.2) is 126 Å². The minimum absolute atomic E-state index is 0. The Morgan fingerprint density at radius 3 is 0.655 bits per heavy atom. The van der Waals surface area contributed by atoms with E-state index in [1.54, 1.807) is 0 Å². The van der Waals surface area contributed by atoms with Crippen molar-refractivity contribution in [1.82, 2.24) is 10.6 Å². The first kappa shape index (κ1) is 114. The largest absolute Gasteiger partial charge is 0.526 e. The molecule has 0 fully saturated rings. The van der Waals surface area contributed by atoms with E-state index in [0.29, 0.717) is 165 Å². The standard InChI is InChI=1S/C99H191N2O11Si6.Y/c1-70(2)113(71(3)4,72(5)6)106-64-98(65-107-114(73(7)8,74(9)10)75(11)12,66-108-115(76(13)14,77(15)16)78(17)18)100-96(102)55-51-47-43-39-41-45-49-53-57-104-90-59-88(37)92-63-93-89(38)60-91(62-95(93)112-94(92)61-90)105-58-54-50-46-42-40-44-48-52-56-97(103)101-99(67-109-116(79(19)20,80(21)22)81(23)24,68-110-117(82(25)26,83(27)28)84(29)30)69-111-118(85(31)32,86(33)34)87(35)36;/h59-63,70-87H,39-58,64-69H2,1-38H3,(H,100,102)(H,101,103);/q-1;. The van der Waals surface area contributed by atoms with Crippen LogP contribution in [0.25, 0.3) is 0 Å². The second-order valence-electron chi connectivity index (χ2n) is 42.7. The van der Waals surface area contributed by atoms with Crippen LogP contribution in [0.3, 0.4) is 0 Å². The number of hydrogen-bond donors (Lipinski definition) is 2. The third kappa shape index (κ3) is 29.9. The van der Waals surface area contributed by atoms with Crippen molar-refractivity contribution in [2.45, 2.75) is 489 Å². The molecular formula is C99H191N2O11Si6Y-. The summed E-state index contributed by atoms with van der Waals surface area (Å²) >= 11 is 0. The molecule has 0 bridgehead atoms. The first-order valence-electron chi connectivity index (χ1n) is 48.5. The Hall–Kier alpha value is -1.18. The number of aryl methyl sites for hydroxylation is 2. The molecule has 0 saturated heterocycles. The molecule has 0 spiro atoms. The van der Waals surface area contributed by atoms with Crippen LogP contribution in [-0.2, 0) is 68.9 Å². The molecule has 20 heteroatoms. The Morgan fingerprint density at radius 1 is 0.294 bits per heavy atom. The summed E-state index contributed by atoms with van der Waals surface area (Å²) in [4.78, 5) is 29.4. The Morgan fingerprint density at radius 2 is 0.471 bits per heavy atom. The molecule has 0 saturated carbocycles. The van der Waals surface area contributed by atoms with E-state index in [1.165, 1.54) is 12.8 Å². The number of fused-ring (bicyclic) bond motifs is 2. The van der Waals surface area contributed by atoms with Gasteiger partial charge in [-0.1, -0.05) is 363 Å². The van der Waals surface area contributed by atoms with Crippen molar-refractivity contribution in [2.24, 2.45) is 0 Å². The van der Waals surface area contributed by atoms with Gasteiger partial charge in [-0.3, -0.25) is 9.59 Å². The topological polar surface area (TPSA) is 141 Å². The van der Waals surface area contributed by atoms with Gasteiger partial charge >= 0.3 is 0 Å². The van der Waals surface area contributed by atoms with Gasteiger partial charge < -0.3 is 51.4 Å². The van der Waals surface area contributed by atoms with E-state index in [1.807, 2.05) is 0 Å². The number of carbonyl (C=O) groups excluding carboxylic acids is 2. The van der Waals surface area contributed by atoms with Gasteiger partial charge in [-0.15, -0.1) is 17.5 Å². The minimum Gasteiger partial charge on any atom is -0.526 e. The van der Waals surface area contributed by atoms with Crippen LogP contribution < -0.4 is 24.8 Å². The van der Waals surface area contributed by atoms with E-state index >= 15 is 0 Å². The van der Waals surface area contributed by atoms with Gasteiger partial charge in [-0.2, -0.15) is 0 Å². The van der Waals surface area contributed by atoms with Crippen molar-refractivity contribution >= 4 is 61.7 Å². The van der Waals surface area contributed by atoms with E-state index in [4.69, 9.17) is 40.8 Å². The molecule has 1 aliphatic rings.